The van der Waals surface area contributed by atoms with Gasteiger partial charge in [0, 0.05) is 18.9 Å². The maximum absolute atomic E-state index is 12.4. The number of para-hydroxylation sites is 1. The molecule has 6 heteroatoms. The summed E-state index contributed by atoms with van der Waals surface area (Å²) in [6, 6.07) is 16.1. The number of hydrogen-bond acceptors (Lipinski definition) is 4. The van der Waals surface area contributed by atoms with Gasteiger partial charge in [-0.2, -0.15) is 0 Å². The van der Waals surface area contributed by atoms with Crippen molar-refractivity contribution in [1.82, 2.24) is 4.90 Å². The summed E-state index contributed by atoms with van der Waals surface area (Å²) in [6.07, 6.45) is 1.18. The highest BCUT2D eigenvalue weighted by atomic mass is 32.2. The third-order valence-electron chi connectivity index (χ3n) is 3.39. The molecule has 0 aliphatic rings. The van der Waals surface area contributed by atoms with Gasteiger partial charge in [0.15, 0.2) is 9.84 Å². The lowest BCUT2D eigenvalue weighted by Crippen LogP contribution is -2.30. The average Bonchev–Trinajstić information content (AvgIpc) is 2.53. The number of ether oxygens (including phenoxy) is 1. The SMILES string of the molecule is CN(CCOc1ccccc1)C(=O)c1cccc(CS(C)(=O)=O)c1. The van der Waals surface area contributed by atoms with Gasteiger partial charge < -0.3 is 9.64 Å². The highest BCUT2D eigenvalue weighted by Gasteiger charge is 2.13. The largest absolute Gasteiger partial charge is 0.492 e. The van der Waals surface area contributed by atoms with Crippen molar-refractivity contribution in [1.29, 1.82) is 0 Å². The Hall–Kier alpha value is -2.34. The maximum atomic E-state index is 12.4. The minimum atomic E-state index is -3.13. The molecule has 128 valence electrons. The second kappa shape index (κ2) is 7.97. The third kappa shape index (κ3) is 5.70. The number of nitrogens with zero attached hydrogens (tertiary/aromatic N) is 1. The lowest BCUT2D eigenvalue weighted by atomic mass is 10.1. The van der Waals surface area contributed by atoms with Crippen LogP contribution in [0.25, 0.3) is 0 Å². The molecule has 1 amide bonds. The molecule has 0 heterocycles. The average molecular weight is 347 g/mol. The Morgan fingerprint density at radius 3 is 2.46 bits per heavy atom. The van der Waals surface area contributed by atoms with Crippen LogP contribution < -0.4 is 4.74 Å². The number of sulfone groups is 1. The second-order valence-electron chi connectivity index (χ2n) is 5.66. The predicted octanol–water partition coefficient (Wildman–Crippen LogP) is 2.38. The zero-order chi connectivity index (χ0) is 17.6. The maximum Gasteiger partial charge on any atom is 0.253 e. The van der Waals surface area contributed by atoms with E-state index in [0.29, 0.717) is 24.3 Å². The van der Waals surface area contributed by atoms with Crippen LogP contribution in [0, 0.1) is 0 Å². The van der Waals surface area contributed by atoms with Crippen LogP contribution in [0.4, 0.5) is 0 Å². The van der Waals surface area contributed by atoms with Crippen LogP contribution in [-0.4, -0.2) is 45.7 Å². The van der Waals surface area contributed by atoms with Gasteiger partial charge in [-0.15, -0.1) is 0 Å². The van der Waals surface area contributed by atoms with Crippen molar-refractivity contribution in [3.63, 3.8) is 0 Å². The summed E-state index contributed by atoms with van der Waals surface area (Å²) in [7, 11) is -1.44. The molecule has 0 saturated heterocycles. The molecule has 0 atom stereocenters. The molecule has 0 fully saturated rings. The summed E-state index contributed by atoms with van der Waals surface area (Å²) in [5, 5.41) is 0. The van der Waals surface area contributed by atoms with Crippen molar-refractivity contribution in [3.05, 3.63) is 65.7 Å². The summed E-state index contributed by atoms with van der Waals surface area (Å²) in [5.41, 5.74) is 1.08. The molecule has 0 aliphatic carbocycles. The zero-order valence-electron chi connectivity index (χ0n) is 13.8. The fourth-order valence-electron chi connectivity index (χ4n) is 2.24. The van der Waals surface area contributed by atoms with Crippen molar-refractivity contribution in [2.45, 2.75) is 5.75 Å². The molecule has 0 N–H and O–H groups in total. The van der Waals surface area contributed by atoms with Crippen LogP contribution in [0.2, 0.25) is 0 Å². The van der Waals surface area contributed by atoms with Crippen molar-refractivity contribution < 1.29 is 17.9 Å². The molecule has 0 bridgehead atoms. The number of hydrogen-bond donors (Lipinski definition) is 0. The Morgan fingerprint density at radius 2 is 1.79 bits per heavy atom. The summed E-state index contributed by atoms with van der Waals surface area (Å²) in [5.74, 6) is 0.519. The highest BCUT2D eigenvalue weighted by molar-refractivity contribution is 7.89. The number of rotatable bonds is 7. The topological polar surface area (TPSA) is 63.7 Å². The Bertz CT molecular complexity index is 788. The minimum Gasteiger partial charge on any atom is -0.492 e. The predicted molar refractivity (Wildman–Crippen MR) is 93.9 cm³/mol. The molecule has 0 spiro atoms. The van der Waals surface area contributed by atoms with Crippen LogP contribution in [0.3, 0.4) is 0 Å². The molecule has 0 saturated carbocycles. The lowest BCUT2D eigenvalue weighted by Gasteiger charge is -2.18. The van der Waals surface area contributed by atoms with Crippen LogP contribution >= 0.6 is 0 Å². The van der Waals surface area contributed by atoms with Crippen molar-refractivity contribution in [2.75, 3.05) is 26.5 Å². The van der Waals surface area contributed by atoms with Gasteiger partial charge in [0.2, 0.25) is 0 Å². The number of carbonyl (C=O) groups excluding carboxylic acids is 1. The first kappa shape index (κ1) is 18.0. The van der Waals surface area contributed by atoms with E-state index in [9.17, 15) is 13.2 Å². The van der Waals surface area contributed by atoms with Gasteiger partial charge in [-0.05, 0) is 29.8 Å². The molecule has 2 aromatic rings. The molecule has 0 unspecified atom stereocenters. The fourth-order valence-corrected chi connectivity index (χ4v) is 3.02. The first-order valence-corrected chi connectivity index (χ1v) is 9.61. The molecule has 0 aromatic heterocycles. The first-order chi connectivity index (χ1) is 11.3. The molecule has 5 nitrogen and oxygen atoms in total. The van der Waals surface area contributed by atoms with Crippen LogP contribution in [0.5, 0.6) is 5.75 Å². The van der Waals surface area contributed by atoms with Crippen molar-refractivity contribution in [2.24, 2.45) is 0 Å². The van der Waals surface area contributed by atoms with E-state index in [4.69, 9.17) is 4.74 Å². The monoisotopic (exact) mass is 347 g/mol. The number of carbonyl (C=O) groups is 1. The van der Waals surface area contributed by atoms with E-state index in [-0.39, 0.29) is 11.7 Å². The van der Waals surface area contributed by atoms with Crippen molar-refractivity contribution in [3.8, 4) is 5.75 Å². The Morgan fingerprint density at radius 1 is 1.08 bits per heavy atom. The van der Waals surface area contributed by atoms with Crippen LogP contribution in [0.15, 0.2) is 54.6 Å². The summed E-state index contributed by atoms with van der Waals surface area (Å²) >= 11 is 0. The normalized spacial score (nSPS) is 11.1. The summed E-state index contributed by atoms with van der Waals surface area (Å²) < 4.78 is 28.3. The zero-order valence-corrected chi connectivity index (χ0v) is 14.6. The van der Waals surface area contributed by atoms with Gasteiger partial charge >= 0.3 is 0 Å². The quantitative estimate of drug-likeness (QED) is 0.771. The summed E-state index contributed by atoms with van der Waals surface area (Å²) in [6.45, 7) is 0.819. The minimum absolute atomic E-state index is 0.0745. The van der Waals surface area contributed by atoms with E-state index >= 15 is 0 Å². The van der Waals surface area contributed by atoms with Gasteiger partial charge in [0.1, 0.15) is 12.4 Å². The van der Waals surface area contributed by atoms with Gasteiger partial charge in [0.05, 0.1) is 12.3 Å². The molecule has 0 radical (unpaired) electrons. The standard InChI is InChI=1S/C18H21NO4S/c1-19(11-12-23-17-9-4-3-5-10-17)18(20)16-8-6-7-15(13-16)14-24(2,21)22/h3-10,13H,11-12,14H2,1-2H3. The van der Waals surface area contributed by atoms with E-state index in [2.05, 4.69) is 0 Å². The highest BCUT2D eigenvalue weighted by Crippen LogP contribution is 2.11. The van der Waals surface area contributed by atoms with E-state index in [1.165, 1.54) is 6.26 Å². The van der Waals surface area contributed by atoms with Crippen LogP contribution in [0.1, 0.15) is 15.9 Å². The lowest BCUT2D eigenvalue weighted by molar-refractivity contribution is 0.0773. The van der Waals surface area contributed by atoms with Gasteiger partial charge in [-0.25, -0.2) is 8.42 Å². The fraction of sp³-hybridized carbons (Fsp3) is 0.278. The van der Waals surface area contributed by atoms with Gasteiger partial charge in [-0.3, -0.25) is 4.79 Å². The molecular weight excluding hydrogens is 326 g/mol. The van der Waals surface area contributed by atoms with E-state index in [1.807, 2.05) is 30.3 Å². The molecule has 2 rings (SSSR count). The van der Waals surface area contributed by atoms with E-state index < -0.39 is 9.84 Å². The second-order valence-corrected chi connectivity index (χ2v) is 7.80. The molecule has 2 aromatic carbocycles. The number of likely N-dealkylation sites (N-methyl/N-ethyl adjacent to an activating group) is 1. The Balaban J connectivity index is 1.94. The van der Waals surface area contributed by atoms with Gasteiger partial charge in [0.25, 0.3) is 5.91 Å². The Kier molecular flexibility index (Phi) is 5.98. The smallest absolute Gasteiger partial charge is 0.253 e. The van der Waals surface area contributed by atoms with Crippen molar-refractivity contribution >= 4 is 15.7 Å². The van der Waals surface area contributed by atoms with E-state index in [0.717, 1.165) is 5.75 Å². The van der Waals surface area contributed by atoms with E-state index in [1.54, 1.807) is 36.2 Å². The number of amides is 1. The number of benzene rings is 2. The molecular formula is C18H21NO4S. The molecule has 24 heavy (non-hydrogen) atoms. The van der Waals surface area contributed by atoms with Crippen LogP contribution in [-0.2, 0) is 15.6 Å². The molecule has 0 aliphatic heterocycles. The Labute approximate surface area is 142 Å². The van der Waals surface area contributed by atoms with Gasteiger partial charge in [-0.1, -0.05) is 30.3 Å². The first-order valence-electron chi connectivity index (χ1n) is 7.55. The summed E-state index contributed by atoms with van der Waals surface area (Å²) in [4.78, 5) is 14.0. The third-order valence-corrected chi connectivity index (χ3v) is 4.25.